The van der Waals surface area contributed by atoms with Crippen molar-refractivity contribution in [2.45, 2.75) is 13.8 Å². The summed E-state index contributed by atoms with van der Waals surface area (Å²) in [5.41, 5.74) is 0.901. The van der Waals surface area contributed by atoms with Gasteiger partial charge in [0.05, 0.1) is 4.91 Å². The van der Waals surface area contributed by atoms with Crippen molar-refractivity contribution in [1.29, 1.82) is 0 Å². The quantitative estimate of drug-likeness (QED) is 0.519. The van der Waals surface area contributed by atoms with E-state index in [2.05, 4.69) is 0 Å². The smallest absolute Gasteiger partial charge is 0.272 e. The van der Waals surface area contributed by atoms with Gasteiger partial charge in [0.25, 0.3) is 11.1 Å². The Morgan fingerprint density at radius 3 is 2.09 bits per heavy atom. The van der Waals surface area contributed by atoms with Crippen molar-refractivity contribution >= 4 is 22.9 Å². The normalized spacial score (nSPS) is 18.1. The predicted octanol–water partition coefficient (Wildman–Crippen LogP) is 1.61. The van der Waals surface area contributed by atoms with E-state index in [1.165, 1.54) is 7.05 Å². The molecule has 0 radical (unpaired) electrons. The standard InChI is InChI=1S/C7H9NO2S/c1-4(2)5-6(9)8(3)7(10)11-5/h1-3H3. The van der Waals surface area contributed by atoms with E-state index in [1.807, 2.05) is 13.8 Å². The number of likely N-dealkylation sites (N-methyl/N-ethyl adjacent to an activating group) is 1. The van der Waals surface area contributed by atoms with Gasteiger partial charge in [-0.1, -0.05) is 5.57 Å². The van der Waals surface area contributed by atoms with Gasteiger partial charge in [-0.25, -0.2) is 0 Å². The third-order valence-corrected chi connectivity index (χ3v) is 2.65. The number of thioether (sulfide) groups is 1. The van der Waals surface area contributed by atoms with Gasteiger partial charge in [0, 0.05) is 7.05 Å². The average molecular weight is 171 g/mol. The summed E-state index contributed by atoms with van der Waals surface area (Å²) in [6, 6.07) is 0. The summed E-state index contributed by atoms with van der Waals surface area (Å²) >= 11 is 1.01. The van der Waals surface area contributed by atoms with E-state index in [0.717, 1.165) is 22.2 Å². The molecule has 1 aliphatic heterocycles. The Labute approximate surface area is 69.4 Å². The van der Waals surface area contributed by atoms with Crippen LogP contribution in [-0.2, 0) is 4.79 Å². The van der Waals surface area contributed by atoms with Crippen LogP contribution in [0, 0.1) is 0 Å². The van der Waals surface area contributed by atoms with Crippen LogP contribution in [0.2, 0.25) is 0 Å². The molecule has 1 heterocycles. The van der Waals surface area contributed by atoms with E-state index >= 15 is 0 Å². The first-order chi connectivity index (χ1) is 5.04. The third kappa shape index (κ3) is 1.30. The van der Waals surface area contributed by atoms with Gasteiger partial charge in [0.2, 0.25) is 0 Å². The summed E-state index contributed by atoms with van der Waals surface area (Å²) in [6.45, 7) is 3.65. The summed E-state index contributed by atoms with van der Waals surface area (Å²) in [5, 5.41) is -0.189. The largest absolute Gasteiger partial charge is 0.293 e. The fourth-order valence-electron chi connectivity index (χ4n) is 0.751. The van der Waals surface area contributed by atoms with Crippen LogP contribution in [0.25, 0.3) is 0 Å². The number of carbonyl (C=O) groups excluding carboxylic acids is 2. The SMILES string of the molecule is CC(C)=C1SC(=O)N(C)C1=O. The maximum Gasteiger partial charge on any atom is 0.293 e. The molecule has 0 N–H and O–H groups in total. The molecule has 0 bridgehead atoms. The first kappa shape index (κ1) is 8.33. The second-order valence-electron chi connectivity index (χ2n) is 2.56. The number of hydrogen-bond donors (Lipinski definition) is 0. The van der Waals surface area contributed by atoms with Gasteiger partial charge in [-0.05, 0) is 25.6 Å². The lowest BCUT2D eigenvalue weighted by molar-refractivity contribution is -0.121. The zero-order chi connectivity index (χ0) is 8.59. The first-order valence-electron chi connectivity index (χ1n) is 3.21. The average Bonchev–Trinajstić information content (AvgIpc) is 2.17. The van der Waals surface area contributed by atoms with Crippen molar-refractivity contribution in [2.75, 3.05) is 7.05 Å². The van der Waals surface area contributed by atoms with Gasteiger partial charge in [0.1, 0.15) is 0 Å². The Hall–Kier alpha value is -0.770. The van der Waals surface area contributed by atoms with E-state index < -0.39 is 0 Å². The minimum atomic E-state index is -0.189. The molecule has 3 nitrogen and oxygen atoms in total. The van der Waals surface area contributed by atoms with Crippen LogP contribution in [0.5, 0.6) is 0 Å². The molecule has 0 atom stereocenters. The van der Waals surface area contributed by atoms with Gasteiger partial charge in [-0.3, -0.25) is 14.5 Å². The molecule has 0 aromatic heterocycles. The highest BCUT2D eigenvalue weighted by Crippen LogP contribution is 2.31. The second-order valence-corrected chi connectivity index (χ2v) is 3.52. The van der Waals surface area contributed by atoms with E-state index in [4.69, 9.17) is 0 Å². The van der Waals surface area contributed by atoms with E-state index in [0.29, 0.717) is 4.91 Å². The fourth-order valence-corrected chi connectivity index (χ4v) is 1.57. The highest BCUT2D eigenvalue weighted by Gasteiger charge is 2.32. The van der Waals surface area contributed by atoms with E-state index in [1.54, 1.807) is 0 Å². The molecule has 0 aliphatic carbocycles. The third-order valence-electron chi connectivity index (χ3n) is 1.42. The summed E-state index contributed by atoms with van der Waals surface area (Å²) in [5.74, 6) is -0.181. The summed E-state index contributed by atoms with van der Waals surface area (Å²) in [7, 11) is 1.49. The van der Waals surface area contributed by atoms with Crippen LogP contribution in [0.4, 0.5) is 4.79 Å². The monoisotopic (exact) mass is 171 g/mol. The number of rotatable bonds is 0. The molecular formula is C7H9NO2S. The minimum absolute atomic E-state index is 0.181. The molecule has 2 amide bonds. The van der Waals surface area contributed by atoms with Gasteiger partial charge >= 0.3 is 0 Å². The lowest BCUT2D eigenvalue weighted by atomic mass is 10.3. The Balaban J connectivity index is 3.02. The number of amides is 2. The summed E-state index contributed by atoms with van der Waals surface area (Å²) < 4.78 is 0. The van der Waals surface area contributed by atoms with Crippen LogP contribution in [-0.4, -0.2) is 23.1 Å². The lowest BCUT2D eigenvalue weighted by Crippen LogP contribution is -2.22. The summed E-state index contributed by atoms with van der Waals surface area (Å²) in [6.07, 6.45) is 0. The van der Waals surface area contributed by atoms with Crippen molar-refractivity contribution in [3.05, 3.63) is 10.5 Å². The Morgan fingerprint density at radius 2 is 1.91 bits per heavy atom. The topological polar surface area (TPSA) is 37.4 Å². The maximum atomic E-state index is 11.2. The molecule has 0 aromatic carbocycles. The van der Waals surface area contributed by atoms with Crippen molar-refractivity contribution in [2.24, 2.45) is 0 Å². The molecule has 0 unspecified atom stereocenters. The van der Waals surface area contributed by atoms with Gasteiger partial charge in [0.15, 0.2) is 0 Å². The molecule has 60 valence electrons. The molecule has 4 heteroatoms. The molecule has 1 saturated heterocycles. The molecule has 0 aromatic rings. The number of nitrogens with zero attached hydrogens (tertiary/aromatic N) is 1. The van der Waals surface area contributed by atoms with E-state index in [9.17, 15) is 9.59 Å². The molecule has 1 rings (SSSR count). The molecule has 11 heavy (non-hydrogen) atoms. The minimum Gasteiger partial charge on any atom is -0.272 e. The fraction of sp³-hybridized carbons (Fsp3) is 0.429. The summed E-state index contributed by atoms with van der Waals surface area (Å²) in [4.78, 5) is 23.8. The highest BCUT2D eigenvalue weighted by atomic mass is 32.2. The number of imide groups is 1. The second kappa shape index (κ2) is 2.70. The Morgan fingerprint density at radius 1 is 1.36 bits per heavy atom. The highest BCUT2D eigenvalue weighted by molar-refractivity contribution is 8.18. The van der Waals surface area contributed by atoms with Crippen molar-refractivity contribution < 1.29 is 9.59 Å². The molecular weight excluding hydrogens is 162 g/mol. The van der Waals surface area contributed by atoms with Crippen LogP contribution in [0.3, 0.4) is 0 Å². The predicted molar refractivity (Wildman–Crippen MR) is 44.1 cm³/mol. The zero-order valence-corrected chi connectivity index (χ0v) is 7.49. The number of carbonyl (C=O) groups is 2. The Kier molecular flexibility index (Phi) is 2.04. The van der Waals surface area contributed by atoms with E-state index in [-0.39, 0.29) is 11.1 Å². The maximum absolute atomic E-state index is 11.2. The molecule has 0 spiro atoms. The molecule has 1 fully saturated rings. The number of hydrogen-bond acceptors (Lipinski definition) is 3. The van der Waals surface area contributed by atoms with Crippen molar-refractivity contribution in [3.8, 4) is 0 Å². The van der Waals surface area contributed by atoms with Gasteiger partial charge < -0.3 is 0 Å². The van der Waals surface area contributed by atoms with Gasteiger partial charge in [-0.15, -0.1) is 0 Å². The van der Waals surface area contributed by atoms with Crippen LogP contribution >= 0.6 is 11.8 Å². The molecule has 0 saturated carbocycles. The Bertz CT molecular complexity index is 253. The molecule has 1 aliphatic rings. The van der Waals surface area contributed by atoms with Crippen LogP contribution in [0.1, 0.15) is 13.8 Å². The van der Waals surface area contributed by atoms with Crippen LogP contribution < -0.4 is 0 Å². The van der Waals surface area contributed by atoms with Crippen molar-refractivity contribution in [3.63, 3.8) is 0 Å². The van der Waals surface area contributed by atoms with Crippen LogP contribution in [0.15, 0.2) is 10.5 Å². The number of allylic oxidation sites excluding steroid dienone is 1. The van der Waals surface area contributed by atoms with Gasteiger partial charge in [-0.2, -0.15) is 0 Å². The lowest BCUT2D eigenvalue weighted by Gasteiger charge is -2.01. The first-order valence-corrected chi connectivity index (χ1v) is 4.03. The zero-order valence-electron chi connectivity index (χ0n) is 6.67. The van der Waals surface area contributed by atoms with Crippen molar-refractivity contribution in [1.82, 2.24) is 4.90 Å².